The molecule has 118 valence electrons. The molecule has 0 saturated carbocycles. The number of halogens is 5. The smallest absolute Gasteiger partial charge is 0.270 e. The van der Waals surface area contributed by atoms with E-state index in [-0.39, 0.29) is 30.0 Å². The van der Waals surface area contributed by atoms with Gasteiger partial charge in [0, 0.05) is 16.1 Å². The van der Waals surface area contributed by atoms with Crippen LogP contribution in [0.3, 0.4) is 0 Å². The van der Waals surface area contributed by atoms with Crippen LogP contribution in [0.15, 0.2) is 29.2 Å². The van der Waals surface area contributed by atoms with Gasteiger partial charge in [-0.05, 0) is 24.3 Å². The van der Waals surface area contributed by atoms with Crippen LogP contribution in [0, 0.1) is 0 Å². The van der Waals surface area contributed by atoms with E-state index in [1.807, 2.05) is 0 Å². The van der Waals surface area contributed by atoms with Crippen LogP contribution in [0.25, 0.3) is 11.1 Å². The summed E-state index contributed by atoms with van der Waals surface area (Å²) in [4.78, 5) is -0.263. The molecular weight excluding hydrogens is 413 g/mol. The van der Waals surface area contributed by atoms with E-state index in [0.717, 1.165) is 7.11 Å². The van der Waals surface area contributed by atoms with E-state index in [0.29, 0.717) is 11.1 Å². The van der Waals surface area contributed by atoms with Crippen LogP contribution in [-0.2, 0) is 14.3 Å². The normalized spacial score (nSPS) is 11.7. The van der Waals surface area contributed by atoms with E-state index in [9.17, 15) is 8.42 Å². The molecule has 2 aromatic carbocycles. The lowest BCUT2D eigenvalue weighted by Gasteiger charge is -2.12. The van der Waals surface area contributed by atoms with E-state index in [1.165, 1.54) is 24.3 Å². The predicted molar refractivity (Wildman–Crippen MR) is 91.1 cm³/mol. The van der Waals surface area contributed by atoms with Crippen molar-refractivity contribution in [2.75, 3.05) is 7.11 Å². The van der Waals surface area contributed by atoms with Gasteiger partial charge in [-0.25, -0.2) is 0 Å². The highest BCUT2D eigenvalue weighted by molar-refractivity contribution is 7.86. The first-order chi connectivity index (χ1) is 10.2. The van der Waals surface area contributed by atoms with Gasteiger partial charge in [0.05, 0.1) is 27.2 Å². The van der Waals surface area contributed by atoms with Crippen molar-refractivity contribution >= 4 is 68.1 Å². The molecule has 0 amide bonds. The lowest BCUT2D eigenvalue weighted by molar-refractivity contribution is 0.398. The molecule has 0 aromatic heterocycles. The summed E-state index contributed by atoms with van der Waals surface area (Å²) in [6, 6.07) is 5.58. The van der Waals surface area contributed by atoms with Gasteiger partial charge >= 0.3 is 0 Å². The Bertz CT molecular complexity index is 849. The van der Waals surface area contributed by atoms with Gasteiger partial charge in [0.2, 0.25) is 0 Å². The summed E-state index contributed by atoms with van der Waals surface area (Å²) >= 11 is 30.2. The average molecular weight is 421 g/mol. The van der Waals surface area contributed by atoms with Gasteiger partial charge in [-0.3, -0.25) is 4.18 Å². The van der Waals surface area contributed by atoms with Crippen LogP contribution >= 0.6 is 58.0 Å². The minimum Gasteiger partial charge on any atom is -0.270 e. The van der Waals surface area contributed by atoms with Gasteiger partial charge in [-0.15, -0.1) is 0 Å². The van der Waals surface area contributed by atoms with Crippen molar-refractivity contribution in [1.82, 2.24) is 0 Å². The molecule has 3 nitrogen and oxygen atoms in total. The lowest BCUT2D eigenvalue weighted by atomic mass is 10.1. The maximum Gasteiger partial charge on any atom is 0.298 e. The maximum atomic E-state index is 11.9. The molecule has 0 saturated heterocycles. The summed E-state index contributed by atoms with van der Waals surface area (Å²) in [6.45, 7) is 0. The third kappa shape index (κ3) is 3.49. The zero-order valence-electron chi connectivity index (χ0n) is 10.8. The molecule has 0 heterocycles. The van der Waals surface area contributed by atoms with Crippen LogP contribution in [-0.4, -0.2) is 15.5 Å². The van der Waals surface area contributed by atoms with Gasteiger partial charge in [0.25, 0.3) is 10.1 Å². The third-order valence-electron chi connectivity index (χ3n) is 2.79. The van der Waals surface area contributed by atoms with Gasteiger partial charge in [-0.1, -0.05) is 58.0 Å². The van der Waals surface area contributed by atoms with E-state index >= 15 is 0 Å². The van der Waals surface area contributed by atoms with Gasteiger partial charge in [0.1, 0.15) is 4.90 Å². The quantitative estimate of drug-likeness (QED) is 0.455. The SMILES string of the molecule is COS(=O)(=O)c1cc(Cl)cc(-c2cc(Cl)c(Cl)cc2Cl)c1Cl. The molecule has 9 heteroatoms. The van der Waals surface area contributed by atoms with Gasteiger partial charge in [0.15, 0.2) is 0 Å². The molecule has 0 spiro atoms. The molecule has 0 aliphatic heterocycles. The molecule has 2 rings (SSSR count). The van der Waals surface area contributed by atoms with Crippen molar-refractivity contribution in [3.63, 3.8) is 0 Å². The highest BCUT2D eigenvalue weighted by Gasteiger charge is 2.23. The van der Waals surface area contributed by atoms with Crippen molar-refractivity contribution in [2.45, 2.75) is 4.90 Å². The number of hydrogen-bond acceptors (Lipinski definition) is 3. The second kappa shape index (κ2) is 6.73. The second-order valence-corrected chi connectivity index (χ2v) is 7.85. The Balaban J connectivity index is 2.81. The van der Waals surface area contributed by atoms with Crippen LogP contribution in [0.1, 0.15) is 0 Å². The molecule has 0 N–H and O–H groups in total. The highest BCUT2D eigenvalue weighted by Crippen LogP contribution is 2.42. The molecule has 0 atom stereocenters. The van der Waals surface area contributed by atoms with Crippen molar-refractivity contribution in [3.05, 3.63) is 49.4 Å². The van der Waals surface area contributed by atoms with E-state index in [2.05, 4.69) is 4.18 Å². The van der Waals surface area contributed by atoms with Crippen molar-refractivity contribution in [1.29, 1.82) is 0 Å². The Morgan fingerprint density at radius 1 is 0.818 bits per heavy atom. The fourth-order valence-corrected chi connectivity index (χ4v) is 3.97. The van der Waals surface area contributed by atoms with E-state index in [4.69, 9.17) is 58.0 Å². The highest BCUT2D eigenvalue weighted by atomic mass is 35.5. The molecular formula is C13H7Cl5O3S. The molecule has 0 fully saturated rings. The Kier molecular flexibility index (Phi) is 5.55. The number of hydrogen-bond donors (Lipinski definition) is 0. The molecule has 0 bridgehead atoms. The fourth-order valence-electron chi connectivity index (χ4n) is 1.76. The Hall–Kier alpha value is -0.200. The van der Waals surface area contributed by atoms with Crippen LogP contribution < -0.4 is 0 Å². The molecule has 0 unspecified atom stereocenters. The number of rotatable bonds is 3. The van der Waals surface area contributed by atoms with E-state index in [1.54, 1.807) is 0 Å². The number of benzene rings is 2. The van der Waals surface area contributed by atoms with Crippen molar-refractivity contribution < 1.29 is 12.6 Å². The maximum absolute atomic E-state index is 11.9. The van der Waals surface area contributed by atoms with Gasteiger partial charge in [-0.2, -0.15) is 8.42 Å². The summed E-state index contributed by atoms with van der Waals surface area (Å²) in [5.74, 6) is 0. The van der Waals surface area contributed by atoms with Gasteiger partial charge < -0.3 is 0 Å². The second-order valence-electron chi connectivity index (χ2n) is 4.13. The molecule has 0 aliphatic rings. The summed E-state index contributed by atoms with van der Waals surface area (Å²) in [5.41, 5.74) is 0.699. The lowest BCUT2D eigenvalue weighted by Crippen LogP contribution is -2.04. The third-order valence-corrected chi connectivity index (χ3v) is 5.86. The van der Waals surface area contributed by atoms with Crippen molar-refractivity contribution in [3.8, 4) is 11.1 Å². The first-order valence-electron chi connectivity index (χ1n) is 5.62. The predicted octanol–water partition coefficient (Wildman–Crippen LogP) is 5.96. The zero-order chi connectivity index (χ0) is 16.7. The Morgan fingerprint density at radius 2 is 1.41 bits per heavy atom. The molecule has 2 aromatic rings. The zero-order valence-corrected chi connectivity index (χ0v) is 15.4. The Morgan fingerprint density at radius 3 is 2.00 bits per heavy atom. The minimum absolute atomic E-state index is 0.0773. The van der Waals surface area contributed by atoms with Crippen LogP contribution in [0.5, 0.6) is 0 Å². The van der Waals surface area contributed by atoms with E-state index < -0.39 is 10.1 Å². The molecule has 0 aliphatic carbocycles. The standard InChI is InChI=1S/C13H7Cl5O3S/c1-21-22(19,20)12-3-6(14)2-8(13(12)18)7-4-10(16)11(17)5-9(7)15/h2-5H,1H3. The van der Waals surface area contributed by atoms with Crippen molar-refractivity contribution in [2.24, 2.45) is 0 Å². The first-order valence-corrected chi connectivity index (χ1v) is 8.91. The topological polar surface area (TPSA) is 43.4 Å². The largest absolute Gasteiger partial charge is 0.298 e. The summed E-state index contributed by atoms with van der Waals surface area (Å²) in [6.07, 6.45) is 0. The minimum atomic E-state index is -4.03. The molecule has 0 radical (unpaired) electrons. The first kappa shape index (κ1) is 18.1. The van der Waals surface area contributed by atoms with Crippen LogP contribution in [0.4, 0.5) is 0 Å². The summed E-state index contributed by atoms with van der Waals surface area (Å²) in [7, 11) is -3.01. The summed E-state index contributed by atoms with van der Waals surface area (Å²) in [5, 5.41) is 0.828. The average Bonchev–Trinajstić information content (AvgIpc) is 2.45. The fraction of sp³-hybridized carbons (Fsp3) is 0.0769. The Labute approximate surface area is 152 Å². The monoisotopic (exact) mass is 418 g/mol. The summed E-state index contributed by atoms with van der Waals surface area (Å²) < 4.78 is 28.3. The molecule has 22 heavy (non-hydrogen) atoms. The van der Waals surface area contributed by atoms with Crippen LogP contribution in [0.2, 0.25) is 25.1 Å².